The molecule has 0 spiro atoms. The third-order valence-corrected chi connectivity index (χ3v) is 7.12. The van der Waals surface area contributed by atoms with E-state index < -0.39 is 42.7 Å². The number of fused-ring (bicyclic) bond motifs is 1. The smallest absolute Gasteiger partial charge is 0.345 e. The van der Waals surface area contributed by atoms with Crippen molar-refractivity contribution in [2.45, 2.75) is 59.6 Å². The van der Waals surface area contributed by atoms with Crippen molar-refractivity contribution in [3.05, 3.63) is 35.8 Å². The Morgan fingerprint density at radius 3 is 2.35 bits per heavy atom. The Morgan fingerprint density at radius 1 is 1.14 bits per heavy atom. The highest BCUT2D eigenvalue weighted by molar-refractivity contribution is 5.86. The molecule has 2 aliphatic rings. The number of carbonyl (C=O) groups is 1. The van der Waals surface area contributed by atoms with Crippen LogP contribution >= 0.6 is 0 Å². The highest BCUT2D eigenvalue weighted by Crippen LogP contribution is 2.47. The third-order valence-electron chi connectivity index (χ3n) is 7.12. The van der Waals surface area contributed by atoms with Gasteiger partial charge in [0.25, 0.3) is 0 Å². The molecule has 0 saturated carbocycles. The van der Waals surface area contributed by atoms with E-state index in [-0.39, 0.29) is 32.8 Å². The van der Waals surface area contributed by atoms with E-state index >= 15 is 0 Å². The van der Waals surface area contributed by atoms with Crippen molar-refractivity contribution < 1.29 is 27.1 Å². The van der Waals surface area contributed by atoms with E-state index in [1.165, 1.54) is 23.5 Å². The standard InChI is InChI=1S/C25H26F4N8O2.2C2H6/c1-16-9-35(5-6-36(16)22(38)25(10-26,11-27)12-31)20-19-21(34-15-33-20)37(13-24(19,2)14-39-23(28)29)18-7-17(8-30)3-4-32-18;2*1-2/h3-4,7,15-16,23H,5-6,9-11,13-14H2,1-2H3;2*1-2H3. The highest BCUT2D eigenvalue weighted by Gasteiger charge is 2.48. The molecule has 0 aromatic carbocycles. The molecule has 0 radical (unpaired) electrons. The minimum Gasteiger partial charge on any atom is -0.352 e. The number of halogens is 4. The summed E-state index contributed by atoms with van der Waals surface area (Å²) in [4.78, 5) is 31.0. The van der Waals surface area contributed by atoms with Crippen LogP contribution in [0.3, 0.4) is 0 Å². The predicted molar refractivity (Wildman–Crippen MR) is 153 cm³/mol. The maximum Gasteiger partial charge on any atom is 0.345 e. The molecule has 2 aromatic heterocycles. The Bertz CT molecular complexity index is 1310. The van der Waals surface area contributed by atoms with Crippen LogP contribution in [0.4, 0.5) is 35.0 Å². The van der Waals surface area contributed by atoms with Crippen LogP contribution in [0, 0.1) is 28.1 Å². The predicted octanol–water partition coefficient (Wildman–Crippen LogP) is 4.93. The summed E-state index contributed by atoms with van der Waals surface area (Å²) in [6.07, 6.45) is 2.79. The number of anilines is 3. The second kappa shape index (κ2) is 15.4. The Morgan fingerprint density at radius 2 is 1.79 bits per heavy atom. The minimum absolute atomic E-state index is 0.0575. The number of hydrogen-bond donors (Lipinski definition) is 0. The van der Waals surface area contributed by atoms with Gasteiger partial charge in [-0.15, -0.1) is 0 Å². The molecule has 2 aliphatic heterocycles. The fourth-order valence-corrected chi connectivity index (χ4v) is 5.03. The molecule has 0 N–H and O–H groups in total. The van der Waals surface area contributed by atoms with Gasteiger partial charge in [0.2, 0.25) is 5.91 Å². The van der Waals surface area contributed by atoms with Gasteiger partial charge >= 0.3 is 6.61 Å². The van der Waals surface area contributed by atoms with Gasteiger partial charge in [-0.1, -0.05) is 34.6 Å². The molecule has 0 aliphatic carbocycles. The molecule has 14 heteroatoms. The van der Waals surface area contributed by atoms with Gasteiger partial charge in [0.1, 0.15) is 37.1 Å². The fraction of sp³-hybridized carbons (Fsp3) is 0.586. The molecule has 234 valence electrons. The zero-order valence-electron chi connectivity index (χ0n) is 25.3. The zero-order chi connectivity index (χ0) is 32.4. The molecule has 0 bridgehead atoms. The van der Waals surface area contributed by atoms with Gasteiger partial charge in [-0.05, 0) is 19.1 Å². The third kappa shape index (κ3) is 7.13. The first-order chi connectivity index (χ1) is 20.6. The number of carbonyl (C=O) groups excluding carboxylic acids is 1. The van der Waals surface area contributed by atoms with Gasteiger partial charge < -0.3 is 19.4 Å². The van der Waals surface area contributed by atoms with Crippen LogP contribution < -0.4 is 9.80 Å². The van der Waals surface area contributed by atoms with Crippen molar-refractivity contribution in [1.29, 1.82) is 10.5 Å². The maximum atomic E-state index is 13.5. The lowest BCUT2D eigenvalue weighted by atomic mass is 9.85. The lowest BCUT2D eigenvalue weighted by molar-refractivity contribution is -0.143. The average Bonchev–Trinajstić information content (AvgIpc) is 3.36. The van der Waals surface area contributed by atoms with Crippen LogP contribution in [0.25, 0.3) is 0 Å². The summed E-state index contributed by atoms with van der Waals surface area (Å²) in [7, 11) is 0. The van der Waals surface area contributed by atoms with E-state index in [1.54, 1.807) is 30.9 Å². The van der Waals surface area contributed by atoms with Gasteiger partial charge in [-0.25, -0.2) is 23.7 Å². The molecule has 2 unspecified atom stereocenters. The number of amides is 1. The number of alkyl halides is 4. The van der Waals surface area contributed by atoms with E-state index in [0.29, 0.717) is 28.6 Å². The molecule has 1 amide bonds. The second-order valence-electron chi connectivity index (χ2n) is 9.88. The lowest BCUT2D eigenvalue weighted by Gasteiger charge is -2.43. The molecule has 2 aromatic rings. The zero-order valence-corrected chi connectivity index (χ0v) is 25.3. The lowest BCUT2D eigenvalue weighted by Crippen LogP contribution is -2.58. The summed E-state index contributed by atoms with van der Waals surface area (Å²) >= 11 is 0. The average molecular weight is 607 g/mol. The summed E-state index contributed by atoms with van der Waals surface area (Å²) in [5.74, 6) is 0.322. The number of nitriles is 2. The van der Waals surface area contributed by atoms with Gasteiger partial charge in [-0.2, -0.15) is 19.3 Å². The van der Waals surface area contributed by atoms with Crippen molar-refractivity contribution in [3.8, 4) is 12.1 Å². The summed E-state index contributed by atoms with van der Waals surface area (Å²) < 4.78 is 58.1. The Kier molecular flexibility index (Phi) is 12.6. The van der Waals surface area contributed by atoms with E-state index in [0.717, 1.165) is 0 Å². The van der Waals surface area contributed by atoms with Crippen molar-refractivity contribution in [1.82, 2.24) is 19.9 Å². The normalized spacial score (nSPS) is 19.4. The van der Waals surface area contributed by atoms with Gasteiger partial charge in [0.15, 0.2) is 5.41 Å². The summed E-state index contributed by atoms with van der Waals surface area (Å²) in [6.45, 7) is 5.79. The van der Waals surface area contributed by atoms with Crippen LogP contribution in [0.5, 0.6) is 0 Å². The van der Waals surface area contributed by atoms with Gasteiger partial charge in [0, 0.05) is 49.4 Å². The molecular formula is C29H38F4N8O2. The SMILES string of the molecule is CC.CC.CC1CN(c2ncnc3c2C(C)(COC(F)F)CN3c2cc(C#N)ccn2)CCN1C(=O)C(C#N)(CF)CF. The molecule has 4 rings (SSSR count). The fourth-order valence-electron chi connectivity index (χ4n) is 5.03. The first-order valence-electron chi connectivity index (χ1n) is 14.1. The van der Waals surface area contributed by atoms with Gasteiger partial charge in [-0.3, -0.25) is 4.79 Å². The van der Waals surface area contributed by atoms with Crippen LogP contribution in [-0.2, 0) is 14.9 Å². The summed E-state index contributed by atoms with van der Waals surface area (Å²) in [5, 5.41) is 18.6. The first kappa shape index (κ1) is 35.2. The number of rotatable bonds is 8. The number of nitrogens with zero attached hydrogens (tertiary/aromatic N) is 8. The van der Waals surface area contributed by atoms with E-state index in [9.17, 15) is 32.9 Å². The van der Waals surface area contributed by atoms with Crippen molar-refractivity contribution >= 4 is 23.4 Å². The summed E-state index contributed by atoms with van der Waals surface area (Å²) in [6, 6.07) is 6.10. The monoisotopic (exact) mass is 606 g/mol. The van der Waals surface area contributed by atoms with Crippen LogP contribution in [0.15, 0.2) is 24.7 Å². The molecule has 43 heavy (non-hydrogen) atoms. The van der Waals surface area contributed by atoms with Gasteiger partial charge in [0.05, 0.1) is 24.3 Å². The molecule has 2 atom stereocenters. The minimum atomic E-state index is -3.01. The van der Waals surface area contributed by atoms with Crippen LogP contribution in [-0.4, -0.2) is 84.5 Å². The molecular weight excluding hydrogens is 568 g/mol. The Hall–Kier alpha value is -4.04. The largest absolute Gasteiger partial charge is 0.352 e. The van der Waals surface area contributed by atoms with E-state index in [2.05, 4.69) is 15.0 Å². The maximum absolute atomic E-state index is 13.5. The first-order valence-corrected chi connectivity index (χ1v) is 14.1. The number of aromatic nitrogens is 3. The quantitative estimate of drug-likeness (QED) is 0.385. The number of hydrogen-bond acceptors (Lipinski definition) is 9. The number of piperazine rings is 1. The summed E-state index contributed by atoms with van der Waals surface area (Å²) in [5.41, 5.74) is -2.51. The molecule has 1 saturated heterocycles. The topological polar surface area (TPSA) is 122 Å². The van der Waals surface area contributed by atoms with E-state index in [1.807, 2.05) is 38.7 Å². The van der Waals surface area contributed by atoms with Crippen LogP contribution in [0.2, 0.25) is 0 Å². The van der Waals surface area contributed by atoms with E-state index in [4.69, 9.17) is 4.74 Å². The van der Waals surface area contributed by atoms with Crippen LogP contribution in [0.1, 0.15) is 52.7 Å². The number of ether oxygens (including phenoxy) is 1. The van der Waals surface area contributed by atoms with Crippen molar-refractivity contribution in [2.75, 3.05) is 55.9 Å². The Balaban J connectivity index is 0.00000155. The Labute approximate surface area is 249 Å². The molecule has 4 heterocycles. The second-order valence-corrected chi connectivity index (χ2v) is 9.88. The molecule has 1 fully saturated rings. The molecule has 10 nitrogen and oxygen atoms in total. The number of pyridine rings is 1. The van der Waals surface area contributed by atoms with Crippen molar-refractivity contribution in [2.24, 2.45) is 5.41 Å². The highest BCUT2D eigenvalue weighted by atomic mass is 19.3. The van der Waals surface area contributed by atoms with Crippen molar-refractivity contribution in [3.63, 3.8) is 0 Å².